The summed E-state index contributed by atoms with van der Waals surface area (Å²) in [5, 5.41) is 12.1. The van der Waals surface area contributed by atoms with E-state index < -0.39 is 11.5 Å². The molecule has 0 aliphatic carbocycles. The fourth-order valence-electron chi connectivity index (χ4n) is 1.99. The van der Waals surface area contributed by atoms with Crippen LogP contribution in [0.15, 0.2) is 0 Å². The van der Waals surface area contributed by atoms with E-state index in [1.165, 1.54) is 0 Å². The Bertz CT molecular complexity index is 253. The smallest absolute Gasteiger partial charge is 0.226 e. The molecule has 0 radical (unpaired) electrons. The molecule has 0 saturated heterocycles. The number of nitrogens with one attached hydrogen (secondary N) is 1. The normalized spacial score (nSPS) is 17.7. The molecule has 0 aromatic carbocycles. The number of rotatable bonds is 5. The molecule has 2 N–H and O–H groups in total. The van der Waals surface area contributed by atoms with E-state index in [-0.39, 0.29) is 11.3 Å². The van der Waals surface area contributed by atoms with Crippen molar-refractivity contribution in [1.82, 2.24) is 5.32 Å². The molecule has 102 valence electrons. The number of carbonyl (C=O) groups is 1. The zero-order valence-corrected chi connectivity index (χ0v) is 12.4. The van der Waals surface area contributed by atoms with Crippen LogP contribution in [-0.4, -0.2) is 23.7 Å². The van der Waals surface area contributed by atoms with Gasteiger partial charge in [0.1, 0.15) is 0 Å². The Morgan fingerprint density at radius 1 is 1.18 bits per heavy atom. The van der Waals surface area contributed by atoms with Gasteiger partial charge in [-0.2, -0.15) is 0 Å². The minimum atomic E-state index is -0.498. The summed E-state index contributed by atoms with van der Waals surface area (Å²) in [5.74, 6) is 0.510. The molecular weight excluding hydrogens is 214 g/mol. The van der Waals surface area contributed by atoms with Crippen molar-refractivity contribution in [3.63, 3.8) is 0 Å². The molecule has 3 heteroatoms. The van der Waals surface area contributed by atoms with Crippen LogP contribution in [0.4, 0.5) is 0 Å². The third kappa shape index (κ3) is 4.66. The van der Waals surface area contributed by atoms with Crippen molar-refractivity contribution in [3.8, 4) is 0 Å². The predicted molar refractivity (Wildman–Crippen MR) is 71.7 cm³/mol. The summed E-state index contributed by atoms with van der Waals surface area (Å²) in [6.45, 7) is 14.6. The highest BCUT2D eigenvalue weighted by Gasteiger charge is 2.44. The van der Waals surface area contributed by atoms with E-state index in [4.69, 9.17) is 0 Å². The molecule has 0 saturated carbocycles. The quantitative estimate of drug-likeness (QED) is 0.779. The van der Waals surface area contributed by atoms with Crippen LogP contribution < -0.4 is 5.32 Å². The van der Waals surface area contributed by atoms with E-state index in [1.807, 2.05) is 6.92 Å². The molecule has 3 nitrogen and oxygen atoms in total. The molecule has 0 fully saturated rings. The Morgan fingerprint density at radius 2 is 1.65 bits per heavy atom. The molecule has 0 spiro atoms. The largest absolute Gasteiger partial charge is 0.392 e. The molecular formula is C14H29NO2. The molecule has 17 heavy (non-hydrogen) atoms. The first-order chi connectivity index (χ1) is 7.50. The van der Waals surface area contributed by atoms with Gasteiger partial charge in [-0.25, -0.2) is 0 Å². The van der Waals surface area contributed by atoms with Crippen molar-refractivity contribution in [2.75, 3.05) is 6.54 Å². The third-order valence-corrected chi connectivity index (χ3v) is 3.53. The van der Waals surface area contributed by atoms with Gasteiger partial charge < -0.3 is 10.4 Å². The van der Waals surface area contributed by atoms with Crippen molar-refractivity contribution < 1.29 is 9.90 Å². The number of amides is 1. The molecule has 2 atom stereocenters. The van der Waals surface area contributed by atoms with Crippen LogP contribution in [0, 0.1) is 16.7 Å². The second-order valence-electron chi connectivity index (χ2n) is 6.74. The van der Waals surface area contributed by atoms with E-state index in [2.05, 4.69) is 39.9 Å². The maximum Gasteiger partial charge on any atom is 0.226 e. The summed E-state index contributed by atoms with van der Waals surface area (Å²) >= 11 is 0. The molecule has 0 heterocycles. The highest BCUT2D eigenvalue weighted by molar-refractivity contribution is 5.83. The van der Waals surface area contributed by atoms with Gasteiger partial charge in [-0.3, -0.25) is 4.79 Å². The predicted octanol–water partition coefficient (Wildman–Crippen LogP) is 2.58. The molecule has 0 aromatic rings. The highest BCUT2D eigenvalue weighted by atomic mass is 16.3. The first-order valence-corrected chi connectivity index (χ1v) is 6.47. The average molecular weight is 243 g/mol. The first-order valence-electron chi connectivity index (χ1n) is 6.47. The fourth-order valence-corrected chi connectivity index (χ4v) is 1.99. The maximum absolute atomic E-state index is 12.3. The zero-order chi connectivity index (χ0) is 13.9. The van der Waals surface area contributed by atoms with Crippen LogP contribution >= 0.6 is 0 Å². The Balaban J connectivity index is 4.87. The molecule has 0 rings (SSSR count). The summed E-state index contributed by atoms with van der Waals surface area (Å²) < 4.78 is 0. The molecule has 0 aliphatic rings. The van der Waals surface area contributed by atoms with Gasteiger partial charge in [0, 0.05) is 6.54 Å². The van der Waals surface area contributed by atoms with Gasteiger partial charge in [-0.15, -0.1) is 0 Å². The third-order valence-electron chi connectivity index (χ3n) is 3.53. The van der Waals surface area contributed by atoms with Gasteiger partial charge in [0.15, 0.2) is 0 Å². The van der Waals surface area contributed by atoms with E-state index in [0.717, 1.165) is 6.42 Å². The van der Waals surface area contributed by atoms with Gasteiger partial charge in [-0.05, 0) is 24.7 Å². The van der Waals surface area contributed by atoms with Gasteiger partial charge in [0.2, 0.25) is 5.91 Å². The highest BCUT2D eigenvalue weighted by Crippen LogP contribution is 2.43. The monoisotopic (exact) mass is 243 g/mol. The Hall–Kier alpha value is -0.570. The van der Waals surface area contributed by atoms with Crippen LogP contribution in [0.2, 0.25) is 0 Å². The van der Waals surface area contributed by atoms with Crippen LogP contribution in [0.3, 0.4) is 0 Å². The van der Waals surface area contributed by atoms with Crippen molar-refractivity contribution in [1.29, 1.82) is 0 Å². The summed E-state index contributed by atoms with van der Waals surface area (Å²) in [4.78, 5) is 12.3. The van der Waals surface area contributed by atoms with E-state index in [9.17, 15) is 9.90 Å². The topological polar surface area (TPSA) is 49.3 Å². The second kappa shape index (κ2) is 5.85. The molecule has 0 aliphatic heterocycles. The lowest BCUT2D eigenvalue weighted by Gasteiger charge is -2.42. The number of aliphatic hydroxyl groups is 1. The van der Waals surface area contributed by atoms with E-state index in [0.29, 0.717) is 12.5 Å². The van der Waals surface area contributed by atoms with E-state index in [1.54, 1.807) is 6.92 Å². The number of carbonyl (C=O) groups excluding carboxylic acids is 1. The molecule has 2 unspecified atom stereocenters. The van der Waals surface area contributed by atoms with Crippen molar-refractivity contribution in [2.45, 2.75) is 61.0 Å². The molecule has 1 amide bonds. The zero-order valence-electron chi connectivity index (χ0n) is 12.4. The average Bonchev–Trinajstić information content (AvgIpc) is 2.10. The number of hydrogen-bond acceptors (Lipinski definition) is 2. The Morgan fingerprint density at radius 3 is 1.94 bits per heavy atom. The summed E-state index contributed by atoms with van der Waals surface area (Å²) in [5.41, 5.74) is -0.504. The summed E-state index contributed by atoms with van der Waals surface area (Å²) in [7, 11) is 0. The van der Waals surface area contributed by atoms with Crippen LogP contribution in [0.25, 0.3) is 0 Å². The SMILES string of the molecule is CC(C)CC(C)(C(=O)NCC(C)O)C(C)(C)C. The van der Waals surface area contributed by atoms with Crippen molar-refractivity contribution >= 4 is 5.91 Å². The van der Waals surface area contributed by atoms with Crippen LogP contribution in [-0.2, 0) is 4.79 Å². The minimum Gasteiger partial charge on any atom is -0.392 e. The van der Waals surface area contributed by atoms with Gasteiger partial charge in [0.25, 0.3) is 0 Å². The first kappa shape index (κ1) is 16.4. The number of hydrogen-bond donors (Lipinski definition) is 2. The lowest BCUT2D eigenvalue weighted by molar-refractivity contribution is -0.138. The lowest BCUT2D eigenvalue weighted by atomic mass is 9.63. The lowest BCUT2D eigenvalue weighted by Crippen LogP contribution is -2.49. The Kier molecular flexibility index (Phi) is 5.66. The standard InChI is InChI=1S/C14H29NO2/c1-10(2)8-14(7,13(4,5)6)12(17)15-9-11(3)16/h10-11,16H,8-9H2,1-7H3,(H,15,17). The minimum absolute atomic E-state index is 0.0413. The summed E-state index contributed by atoms with van der Waals surface area (Å²) in [6, 6.07) is 0. The van der Waals surface area contributed by atoms with Crippen molar-refractivity contribution in [3.05, 3.63) is 0 Å². The van der Waals surface area contributed by atoms with Gasteiger partial charge in [-0.1, -0.05) is 41.5 Å². The second-order valence-corrected chi connectivity index (χ2v) is 6.74. The molecule has 0 aromatic heterocycles. The van der Waals surface area contributed by atoms with Crippen LogP contribution in [0.1, 0.15) is 54.9 Å². The Labute approximate surface area is 106 Å². The fraction of sp³-hybridized carbons (Fsp3) is 0.929. The van der Waals surface area contributed by atoms with Gasteiger partial charge >= 0.3 is 0 Å². The number of aliphatic hydroxyl groups excluding tert-OH is 1. The molecule has 0 bridgehead atoms. The van der Waals surface area contributed by atoms with E-state index >= 15 is 0 Å². The van der Waals surface area contributed by atoms with Gasteiger partial charge in [0.05, 0.1) is 11.5 Å². The maximum atomic E-state index is 12.3. The van der Waals surface area contributed by atoms with Crippen molar-refractivity contribution in [2.24, 2.45) is 16.7 Å². The summed E-state index contributed by atoms with van der Waals surface area (Å²) in [6.07, 6.45) is 0.351. The van der Waals surface area contributed by atoms with Crippen LogP contribution in [0.5, 0.6) is 0 Å².